The van der Waals surface area contributed by atoms with Gasteiger partial charge in [-0.1, -0.05) is 20.8 Å². The summed E-state index contributed by atoms with van der Waals surface area (Å²) in [4.78, 5) is 8.67. The van der Waals surface area contributed by atoms with Crippen LogP contribution < -0.4 is 10.5 Å². The van der Waals surface area contributed by atoms with Gasteiger partial charge in [-0.25, -0.2) is 9.97 Å². The second kappa shape index (κ2) is 8.00. The number of nitrogens with zero attached hydrogens (tertiary/aromatic N) is 2. The number of nitrogens with two attached hydrogens (primary N) is 1. The Morgan fingerprint density at radius 3 is 2.67 bits per heavy atom. The van der Waals surface area contributed by atoms with Crippen molar-refractivity contribution in [2.45, 2.75) is 39.7 Å². The van der Waals surface area contributed by atoms with Crippen molar-refractivity contribution in [2.75, 3.05) is 19.8 Å². The topological polar surface area (TPSA) is 70.3 Å². The molecule has 0 radical (unpaired) electrons. The highest BCUT2D eigenvalue weighted by Gasteiger charge is 2.09. The average molecular weight is 253 g/mol. The smallest absolute Gasteiger partial charge is 0.160 e. The van der Waals surface area contributed by atoms with E-state index < -0.39 is 0 Å². The lowest BCUT2D eigenvalue weighted by Crippen LogP contribution is -2.12. The van der Waals surface area contributed by atoms with Crippen molar-refractivity contribution >= 4 is 0 Å². The third-order valence-electron chi connectivity index (χ3n) is 2.39. The fraction of sp³-hybridized carbons (Fsp3) is 0.692. The standard InChI is InChI=1S/C13H23N3O2/c1-4-5-17-6-7-18-12-9-15-13(10(2)3)16-11(12)8-14/h9-10H,4-8,14H2,1-3H3. The molecule has 1 aromatic rings. The second-order valence-electron chi connectivity index (χ2n) is 4.36. The van der Waals surface area contributed by atoms with Gasteiger partial charge in [0.1, 0.15) is 12.4 Å². The van der Waals surface area contributed by atoms with Crippen LogP contribution in [0.3, 0.4) is 0 Å². The first kappa shape index (κ1) is 14.9. The van der Waals surface area contributed by atoms with Crippen LogP contribution in [0.5, 0.6) is 5.75 Å². The van der Waals surface area contributed by atoms with E-state index in [0.29, 0.717) is 25.5 Å². The zero-order valence-electron chi connectivity index (χ0n) is 11.5. The highest BCUT2D eigenvalue weighted by molar-refractivity contribution is 5.25. The normalized spacial score (nSPS) is 10.9. The van der Waals surface area contributed by atoms with Crippen molar-refractivity contribution in [3.8, 4) is 5.75 Å². The summed E-state index contributed by atoms with van der Waals surface area (Å²) in [6, 6.07) is 0. The van der Waals surface area contributed by atoms with Crippen molar-refractivity contribution in [3.63, 3.8) is 0 Å². The Hall–Kier alpha value is -1.20. The number of rotatable bonds is 8. The molecule has 1 rings (SSSR count). The van der Waals surface area contributed by atoms with Crippen LogP contribution in [0, 0.1) is 0 Å². The molecule has 0 atom stereocenters. The molecule has 1 heterocycles. The van der Waals surface area contributed by atoms with Gasteiger partial charge >= 0.3 is 0 Å². The van der Waals surface area contributed by atoms with Gasteiger partial charge in [-0.2, -0.15) is 0 Å². The molecular formula is C13H23N3O2. The van der Waals surface area contributed by atoms with Crippen LogP contribution in [-0.2, 0) is 11.3 Å². The predicted octanol–water partition coefficient (Wildman–Crippen LogP) is 1.86. The van der Waals surface area contributed by atoms with Crippen LogP contribution in [0.4, 0.5) is 0 Å². The first-order chi connectivity index (χ1) is 8.69. The van der Waals surface area contributed by atoms with Gasteiger partial charge in [-0.15, -0.1) is 0 Å². The third kappa shape index (κ3) is 4.58. The Morgan fingerprint density at radius 2 is 2.06 bits per heavy atom. The number of hydrogen-bond acceptors (Lipinski definition) is 5. The van der Waals surface area contributed by atoms with Crippen molar-refractivity contribution < 1.29 is 9.47 Å². The summed E-state index contributed by atoms with van der Waals surface area (Å²) in [6.07, 6.45) is 2.71. The summed E-state index contributed by atoms with van der Waals surface area (Å²) in [5, 5.41) is 0. The van der Waals surface area contributed by atoms with E-state index in [-0.39, 0.29) is 5.92 Å². The quantitative estimate of drug-likeness (QED) is 0.716. The van der Waals surface area contributed by atoms with E-state index in [1.165, 1.54) is 0 Å². The maximum absolute atomic E-state index is 5.67. The van der Waals surface area contributed by atoms with Crippen LogP contribution in [0.1, 0.15) is 44.6 Å². The van der Waals surface area contributed by atoms with Gasteiger partial charge in [0, 0.05) is 19.1 Å². The molecule has 0 saturated heterocycles. The molecular weight excluding hydrogens is 230 g/mol. The van der Waals surface area contributed by atoms with Gasteiger partial charge in [0.2, 0.25) is 0 Å². The molecule has 0 unspecified atom stereocenters. The van der Waals surface area contributed by atoms with E-state index >= 15 is 0 Å². The van der Waals surface area contributed by atoms with E-state index in [2.05, 4.69) is 30.7 Å². The largest absolute Gasteiger partial charge is 0.488 e. The maximum Gasteiger partial charge on any atom is 0.160 e. The Bertz CT molecular complexity index is 356. The van der Waals surface area contributed by atoms with Gasteiger partial charge in [0.15, 0.2) is 5.75 Å². The molecule has 18 heavy (non-hydrogen) atoms. The van der Waals surface area contributed by atoms with Gasteiger partial charge in [-0.05, 0) is 6.42 Å². The third-order valence-corrected chi connectivity index (χ3v) is 2.39. The van der Waals surface area contributed by atoms with E-state index in [1.54, 1.807) is 6.20 Å². The fourth-order valence-electron chi connectivity index (χ4n) is 1.42. The van der Waals surface area contributed by atoms with Crippen molar-refractivity contribution in [1.29, 1.82) is 0 Å². The molecule has 0 aliphatic carbocycles. The predicted molar refractivity (Wildman–Crippen MR) is 70.6 cm³/mol. The zero-order valence-corrected chi connectivity index (χ0v) is 11.5. The first-order valence-corrected chi connectivity index (χ1v) is 6.45. The lowest BCUT2D eigenvalue weighted by Gasteiger charge is -2.11. The van der Waals surface area contributed by atoms with E-state index in [9.17, 15) is 0 Å². The highest BCUT2D eigenvalue weighted by Crippen LogP contribution is 2.17. The maximum atomic E-state index is 5.67. The molecule has 0 aromatic carbocycles. The molecule has 0 aliphatic rings. The molecule has 0 saturated carbocycles. The molecule has 0 amide bonds. The molecule has 102 valence electrons. The first-order valence-electron chi connectivity index (χ1n) is 6.45. The number of ether oxygens (including phenoxy) is 2. The van der Waals surface area contributed by atoms with Gasteiger partial charge in [0.25, 0.3) is 0 Å². The molecule has 5 heteroatoms. The molecule has 0 spiro atoms. The van der Waals surface area contributed by atoms with Gasteiger partial charge in [0.05, 0.1) is 18.5 Å². The molecule has 0 fully saturated rings. The average Bonchev–Trinajstić information content (AvgIpc) is 2.38. The van der Waals surface area contributed by atoms with Gasteiger partial charge < -0.3 is 15.2 Å². The van der Waals surface area contributed by atoms with Crippen LogP contribution >= 0.6 is 0 Å². The molecule has 1 aromatic heterocycles. The minimum absolute atomic E-state index is 0.289. The fourth-order valence-corrected chi connectivity index (χ4v) is 1.42. The van der Waals surface area contributed by atoms with Crippen LogP contribution in [0.2, 0.25) is 0 Å². The Labute approximate surface area is 109 Å². The van der Waals surface area contributed by atoms with Crippen LogP contribution in [0.15, 0.2) is 6.20 Å². The van der Waals surface area contributed by atoms with Crippen molar-refractivity contribution in [1.82, 2.24) is 9.97 Å². The minimum Gasteiger partial charge on any atom is -0.488 e. The summed E-state index contributed by atoms with van der Waals surface area (Å²) < 4.78 is 10.9. The Morgan fingerprint density at radius 1 is 1.28 bits per heavy atom. The van der Waals surface area contributed by atoms with Crippen LogP contribution in [0.25, 0.3) is 0 Å². The summed E-state index contributed by atoms with van der Waals surface area (Å²) >= 11 is 0. The highest BCUT2D eigenvalue weighted by atomic mass is 16.5. The van der Waals surface area contributed by atoms with Gasteiger partial charge in [-0.3, -0.25) is 0 Å². The summed E-state index contributed by atoms with van der Waals surface area (Å²) in [5.41, 5.74) is 6.42. The summed E-state index contributed by atoms with van der Waals surface area (Å²) in [5.74, 6) is 1.74. The van der Waals surface area contributed by atoms with E-state index in [0.717, 1.165) is 24.5 Å². The molecule has 0 aliphatic heterocycles. The molecule has 0 bridgehead atoms. The molecule has 5 nitrogen and oxygen atoms in total. The SMILES string of the molecule is CCCOCCOc1cnc(C(C)C)nc1CN. The van der Waals surface area contributed by atoms with Crippen molar-refractivity contribution in [2.24, 2.45) is 5.73 Å². The Kier molecular flexibility index (Phi) is 6.60. The minimum atomic E-state index is 0.289. The molecule has 2 N–H and O–H groups in total. The number of aromatic nitrogens is 2. The van der Waals surface area contributed by atoms with Crippen LogP contribution in [-0.4, -0.2) is 29.8 Å². The summed E-state index contributed by atoms with van der Waals surface area (Å²) in [6.45, 7) is 8.36. The van der Waals surface area contributed by atoms with E-state index in [4.69, 9.17) is 15.2 Å². The zero-order chi connectivity index (χ0) is 13.4. The lowest BCUT2D eigenvalue weighted by atomic mass is 10.2. The number of hydrogen-bond donors (Lipinski definition) is 1. The second-order valence-corrected chi connectivity index (χ2v) is 4.36. The monoisotopic (exact) mass is 253 g/mol. The Balaban J connectivity index is 2.54. The van der Waals surface area contributed by atoms with E-state index in [1.807, 2.05) is 0 Å². The van der Waals surface area contributed by atoms with Crippen molar-refractivity contribution in [3.05, 3.63) is 17.7 Å². The summed E-state index contributed by atoms with van der Waals surface area (Å²) in [7, 11) is 0. The lowest BCUT2D eigenvalue weighted by molar-refractivity contribution is 0.0999.